The Morgan fingerprint density at radius 2 is 2.12 bits per heavy atom. The fraction of sp³-hybridized carbons (Fsp3) is 0.350. The van der Waals surface area contributed by atoms with Gasteiger partial charge in [-0.2, -0.15) is 5.10 Å². The Bertz CT molecular complexity index is 891. The molecule has 6 nitrogen and oxygen atoms in total. The molecule has 1 N–H and O–H groups in total. The molecule has 0 bridgehead atoms. The van der Waals surface area contributed by atoms with Gasteiger partial charge in [-0.1, -0.05) is 24.3 Å². The van der Waals surface area contributed by atoms with Crippen molar-refractivity contribution in [3.8, 4) is 0 Å². The molecule has 3 aromatic rings. The standard InChI is InChI=1S/C20H23N5O/c1-24-10-8-17(20(24)16-6-4-9-21-11-16)12-22-19(26)14-25-18-7-3-2-5-15(18)13-23-25/h2-7,9,11,13,17,20H,8,10,12,14H2,1H3,(H,22,26)/t17-,20-/m0/s1. The second kappa shape index (κ2) is 7.25. The molecule has 2 atom stereocenters. The minimum atomic E-state index is -0.00153. The Hall–Kier alpha value is -2.73. The number of nitrogens with one attached hydrogen (secondary N) is 1. The molecular formula is C20H23N5O. The van der Waals surface area contributed by atoms with E-state index in [0.29, 0.717) is 18.5 Å². The van der Waals surface area contributed by atoms with Crippen molar-refractivity contribution in [2.45, 2.75) is 19.0 Å². The van der Waals surface area contributed by atoms with Crippen molar-refractivity contribution in [3.05, 3.63) is 60.6 Å². The normalized spacial score (nSPS) is 20.5. The molecule has 1 amide bonds. The van der Waals surface area contributed by atoms with E-state index in [1.807, 2.05) is 36.5 Å². The van der Waals surface area contributed by atoms with Crippen molar-refractivity contribution in [1.82, 2.24) is 25.0 Å². The molecule has 26 heavy (non-hydrogen) atoms. The van der Waals surface area contributed by atoms with Gasteiger partial charge in [0.05, 0.1) is 11.7 Å². The van der Waals surface area contributed by atoms with Gasteiger partial charge in [-0.3, -0.25) is 19.4 Å². The first-order valence-corrected chi connectivity index (χ1v) is 9.00. The summed E-state index contributed by atoms with van der Waals surface area (Å²) in [5.41, 5.74) is 2.20. The minimum absolute atomic E-state index is 0.00153. The van der Waals surface area contributed by atoms with Crippen molar-refractivity contribution >= 4 is 16.8 Å². The second-order valence-corrected chi connectivity index (χ2v) is 6.93. The molecule has 134 valence electrons. The number of likely N-dealkylation sites (tertiary alicyclic amines) is 1. The summed E-state index contributed by atoms with van der Waals surface area (Å²) in [4.78, 5) is 19.0. The van der Waals surface area contributed by atoms with E-state index in [1.54, 1.807) is 17.1 Å². The van der Waals surface area contributed by atoms with Crippen LogP contribution in [0.1, 0.15) is 18.0 Å². The number of pyridine rings is 1. The average molecular weight is 349 g/mol. The highest BCUT2D eigenvalue weighted by Crippen LogP contribution is 2.35. The summed E-state index contributed by atoms with van der Waals surface area (Å²) in [6.45, 7) is 1.94. The number of rotatable bonds is 5. The van der Waals surface area contributed by atoms with Gasteiger partial charge in [0.25, 0.3) is 0 Å². The van der Waals surface area contributed by atoms with E-state index in [0.717, 1.165) is 23.9 Å². The highest BCUT2D eigenvalue weighted by molar-refractivity contribution is 5.81. The van der Waals surface area contributed by atoms with E-state index < -0.39 is 0 Å². The summed E-state index contributed by atoms with van der Waals surface area (Å²) in [6.07, 6.45) is 6.59. The fourth-order valence-corrected chi connectivity index (χ4v) is 3.91. The number of amides is 1. The molecule has 0 radical (unpaired) electrons. The van der Waals surface area contributed by atoms with Gasteiger partial charge in [-0.15, -0.1) is 0 Å². The van der Waals surface area contributed by atoms with Crippen LogP contribution in [0.25, 0.3) is 10.9 Å². The van der Waals surface area contributed by atoms with Crippen molar-refractivity contribution in [2.75, 3.05) is 20.1 Å². The van der Waals surface area contributed by atoms with Crippen LogP contribution in [-0.2, 0) is 11.3 Å². The van der Waals surface area contributed by atoms with Gasteiger partial charge >= 0.3 is 0 Å². The maximum Gasteiger partial charge on any atom is 0.241 e. The first kappa shape index (κ1) is 16.7. The Labute approximate surface area is 152 Å². The first-order chi connectivity index (χ1) is 12.7. The summed E-state index contributed by atoms with van der Waals surface area (Å²) in [5, 5.41) is 8.48. The molecule has 1 aliphatic heterocycles. The zero-order valence-electron chi connectivity index (χ0n) is 14.9. The largest absolute Gasteiger partial charge is 0.354 e. The van der Waals surface area contributed by atoms with Crippen LogP contribution >= 0.6 is 0 Å². The number of carbonyl (C=O) groups excluding carboxylic acids is 1. The second-order valence-electron chi connectivity index (χ2n) is 6.93. The molecule has 2 aromatic heterocycles. The number of hydrogen-bond donors (Lipinski definition) is 1. The Balaban J connectivity index is 1.39. The van der Waals surface area contributed by atoms with Gasteiger partial charge in [0, 0.05) is 30.4 Å². The molecule has 0 unspecified atom stereocenters. The third-order valence-electron chi connectivity index (χ3n) is 5.21. The van der Waals surface area contributed by atoms with E-state index in [1.165, 1.54) is 5.56 Å². The lowest BCUT2D eigenvalue weighted by Gasteiger charge is -2.25. The summed E-state index contributed by atoms with van der Waals surface area (Å²) in [5.74, 6) is 0.390. The smallest absolute Gasteiger partial charge is 0.241 e. The highest BCUT2D eigenvalue weighted by atomic mass is 16.2. The van der Waals surface area contributed by atoms with E-state index in [9.17, 15) is 4.79 Å². The molecule has 1 saturated heterocycles. The third-order valence-corrected chi connectivity index (χ3v) is 5.21. The zero-order chi connectivity index (χ0) is 17.9. The van der Waals surface area contributed by atoms with Crippen molar-refractivity contribution in [3.63, 3.8) is 0 Å². The molecule has 0 spiro atoms. The Morgan fingerprint density at radius 3 is 2.96 bits per heavy atom. The van der Waals surface area contributed by atoms with Gasteiger partial charge in [0.1, 0.15) is 6.54 Å². The minimum Gasteiger partial charge on any atom is -0.354 e. The quantitative estimate of drug-likeness (QED) is 0.767. The summed E-state index contributed by atoms with van der Waals surface area (Å²) >= 11 is 0. The number of nitrogens with zero attached hydrogens (tertiary/aromatic N) is 4. The van der Waals surface area contributed by atoms with Crippen molar-refractivity contribution in [2.24, 2.45) is 5.92 Å². The molecule has 1 fully saturated rings. The van der Waals surface area contributed by atoms with Gasteiger partial charge in [-0.25, -0.2) is 0 Å². The number of benzene rings is 1. The number of aromatic nitrogens is 3. The van der Waals surface area contributed by atoms with Gasteiger partial charge < -0.3 is 5.32 Å². The monoisotopic (exact) mass is 349 g/mol. The lowest BCUT2D eigenvalue weighted by molar-refractivity contribution is -0.122. The van der Waals surface area contributed by atoms with Crippen LogP contribution in [0, 0.1) is 5.92 Å². The van der Waals surface area contributed by atoms with Crippen LogP contribution in [0.5, 0.6) is 0 Å². The SMILES string of the molecule is CN1CC[C@@H](CNC(=O)Cn2ncc3ccccc32)[C@@H]1c1cccnc1. The third kappa shape index (κ3) is 3.32. The average Bonchev–Trinajstić information content (AvgIpc) is 3.24. The van der Waals surface area contributed by atoms with Gasteiger partial charge in [-0.05, 0) is 43.6 Å². The Kier molecular flexibility index (Phi) is 4.67. The maximum atomic E-state index is 12.4. The molecular weight excluding hydrogens is 326 g/mol. The van der Waals surface area contributed by atoms with Crippen LogP contribution in [0.4, 0.5) is 0 Å². The predicted octanol–water partition coefficient (Wildman–Crippen LogP) is 2.24. The Morgan fingerprint density at radius 1 is 1.23 bits per heavy atom. The number of fused-ring (bicyclic) bond motifs is 1. The first-order valence-electron chi connectivity index (χ1n) is 9.00. The van der Waals surface area contributed by atoms with E-state index in [2.05, 4.69) is 33.4 Å². The van der Waals surface area contributed by atoms with Crippen molar-refractivity contribution in [1.29, 1.82) is 0 Å². The molecule has 0 aliphatic carbocycles. The van der Waals surface area contributed by atoms with Crippen molar-refractivity contribution < 1.29 is 4.79 Å². The molecule has 0 saturated carbocycles. The van der Waals surface area contributed by atoms with Gasteiger partial charge in [0.2, 0.25) is 5.91 Å². The molecule has 1 aliphatic rings. The van der Waals surface area contributed by atoms with E-state index in [-0.39, 0.29) is 12.5 Å². The summed E-state index contributed by atoms with van der Waals surface area (Å²) in [7, 11) is 2.13. The molecule has 4 rings (SSSR count). The zero-order valence-corrected chi connectivity index (χ0v) is 14.9. The lowest BCUT2D eigenvalue weighted by atomic mass is 9.95. The van der Waals surface area contributed by atoms with Crippen LogP contribution in [-0.4, -0.2) is 45.7 Å². The van der Waals surface area contributed by atoms with Crippen LogP contribution in [0.2, 0.25) is 0 Å². The number of carbonyl (C=O) groups is 1. The maximum absolute atomic E-state index is 12.4. The van der Waals surface area contributed by atoms with Gasteiger partial charge in [0.15, 0.2) is 0 Å². The number of para-hydroxylation sites is 1. The molecule has 1 aromatic carbocycles. The predicted molar refractivity (Wildman–Crippen MR) is 100 cm³/mol. The molecule has 6 heteroatoms. The van der Waals surface area contributed by atoms with Crippen LogP contribution in [0.3, 0.4) is 0 Å². The fourth-order valence-electron chi connectivity index (χ4n) is 3.91. The summed E-state index contributed by atoms with van der Waals surface area (Å²) < 4.78 is 1.75. The summed E-state index contributed by atoms with van der Waals surface area (Å²) in [6, 6.07) is 12.3. The van der Waals surface area contributed by atoms with E-state index >= 15 is 0 Å². The van der Waals surface area contributed by atoms with E-state index in [4.69, 9.17) is 0 Å². The van der Waals surface area contributed by atoms with Crippen LogP contribution in [0.15, 0.2) is 55.0 Å². The van der Waals surface area contributed by atoms with Crippen LogP contribution < -0.4 is 5.32 Å². The topological polar surface area (TPSA) is 63.1 Å². The highest BCUT2D eigenvalue weighted by Gasteiger charge is 2.33. The molecule has 3 heterocycles. The lowest BCUT2D eigenvalue weighted by Crippen LogP contribution is -2.34. The number of hydrogen-bond acceptors (Lipinski definition) is 4.